The molecule has 0 amide bonds. The highest BCUT2D eigenvalue weighted by atomic mass is 16.4. The first-order valence-corrected chi connectivity index (χ1v) is 9.91. The Morgan fingerprint density at radius 2 is 1.52 bits per heavy atom. The fraction of sp³-hybridized carbons (Fsp3) is 0.240. The van der Waals surface area contributed by atoms with E-state index in [0.29, 0.717) is 6.54 Å². The molecule has 4 heteroatoms. The van der Waals surface area contributed by atoms with Crippen LogP contribution in [0.25, 0.3) is 11.1 Å². The number of carbonyl (C=O) groups is 1. The van der Waals surface area contributed by atoms with Gasteiger partial charge in [-0.05, 0) is 60.2 Å². The van der Waals surface area contributed by atoms with Crippen LogP contribution in [-0.2, 0) is 11.2 Å². The molecule has 0 heterocycles. The number of carboxylic acids is 1. The second-order valence-electron chi connectivity index (χ2n) is 7.51. The third kappa shape index (κ3) is 6.47. The van der Waals surface area contributed by atoms with E-state index in [4.69, 9.17) is 5.11 Å². The van der Waals surface area contributed by atoms with Crippen LogP contribution in [0, 0.1) is 13.8 Å². The first-order chi connectivity index (χ1) is 14.0. The second-order valence-corrected chi connectivity index (χ2v) is 7.51. The molecule has 3 aromatic rings. The van der Waals surface area contributed by atoms with Crippen LogP contribution in [0.15, 0.2) is 72.8 Å². The molecular formula is C25H28N2O2. The molecule has 3 N–H and O–H groups in total. The van der Waals surface area contributed by atoms with Crippen molar-refractivity contribution in [3.05, 3.63) is 89.5 Å². The summed E-state index contributed by atoms with van der Waals surface area (Å²) in [7, 11) is 0. The van der Waals surface area contributed by atoms with E-state index in [9.17, 15) is 4.79 Å². The van der Waals surface area contributed by atoms with Crippen molar-refractivity contribution in [2.24, 2.45) is 0 Å². The summed E-state index contributed by atoms with van der Waals surface area (Å²) >= 11 is 0. The van der Waals surface area contributed by atoms with E-state index in [1.165, 1.54) is 27.8 Å². The Labute approximate surface area is 172 Å². The van der Waals surface area contributed by atoms with Crippen molar-refractivity contribution in [1.82, 2.24) is 5.32 Å². The van der Waals surface area contributed by atoms with Crippen molar-refractivity contribution in [2.45, 2.75) is 26.3 Å². The Balaban J connectivity index is 1.72. The molecule has 0 spiro atoms. The Hall–Kier alpha value is -3.11. The minimum Gasteiger partial charge on any atom is -0.480 e. The van der Waals surface area contributed by atoms with Crippen molar-refractivity contribution >= 4 is 11.7 Å². The number of hydrogen-bond donors (Lipinski definition) is 3. The summed E-state index contributed by atoms with van der Waals surface area (Å²) in [5.74, 6) is -0.845. The first-order valence-electron chi connectivity index (χ1n) is 9.91. The summed E-state index contributed by atoms with van der Waals surface area (Å²) in [6, 6.07) is 25.4. The van der Waals surface area contributed by atoms with Gasteiger partial charge in [-0.25, -0.2) is 0 Å². The highest BCUT2D eigenvalue weighted by Crippen LogP contribution is 2.21. The Morgan fingerprint density at radius 3 is 2.14 bits per heavy atom. The van der Waals surface area contributed by atoms with Gasteiger partial charge in [0.1, 0.15) is 0 Å². The van der Waals surface area contributed by atoms with Gasteiger partial charge in [0, 0.05) is 18.3 Å². The third-order valence-electron chi connectivity index (χ3n) is 4.80. The lowest BCUT2D eigenvalue weighted by Gasteiger charge is -2.21. The van der Waals surface area contributed by atoms with Gasteiger partial charge in [-0.3, -0.25) is 4.79 Å². The number of benzene rings is 3. The van der Waals surface area contributed by atoms with Gasteiger partial charge in [0.25, 0.3) is 0 Å². The van der Waals surface area contributed by atoms with Gasteiger partial charge >= 0.3 is 5.97 Å². The molecule has 3 aromatic carbocycles. The summed E-state index contributed by atoms with van der Waals surface area (Å²) in [6.07, 6.45) is 0.800. The summed E-state index contributed by atoms with van der Waals surface area (Å²) in [6.45, 7) is 4.69. The van der Waals surface area contributed by atoms with Gasteiger partial charge in [-0.2, -0.15) is 0 Å². The van der Waals surface area contributed by atoms with E-state index in [1.54, 1.807) is 0 Å². The average Bonchev–Trinajstić information content (AvgIpc) is 2.68. The van der Waals surface area contributed by atoms with Crippen LogP contribution >= 0.6 is 0 Å². The van der Waals surface area contributed by atoms with E-state index in [0.717, 1.165) is 12.1 Å². The van der Waals surface area contributed by atoms with Crippen LogP contribution in [0.1, 0.15) is 16.7 Å². The SMILES string of the molecule is Cc1cc(C)cc(NC(CNCC(=O)O)Cc2ccc(-c3ccccc3)cc2)c1. The maximum atomic E-state index is 10.9. The summed E-state index contributed by atoms with van der Waals surface area (Å²) in [5.41, 5.74) is 7.08. The molecule has 0 aliphatic carbocycles. The zero-order chi connectivity index (χ0) is 20.6. The fourth-order valence-electron chi connectivity index (χ4n) is 3.57. The Morgan fingerprint density at radius 1 is 0.897 bits per heavy atom. The number of aryl methyl sites for hydroxylation is 2. The van der Waals surface area contributed by atoms with E-state index < -0.39 is 5.97 Å². The number of aliphatic carboxylic acids is 1. The van der Waals surface area contributed by atoms with Crippen LogP contribution < -0.4 is 10.6 Å². The molecule has 0 saturated heterocycles. The molecule has 0 aliphatic heterocycles. The number of rotatable bonds is 9. The topological polar surface area (TPSA) is 61.4 Å². The Bertz CT molecular complexity index is 917. The van der Waals surface area contributed by atoms with Gasteiger partial charge < -0.3 is 15.7 Å². The minimum absolute atomic E-state index is 0.0437. The highest BCUT2D eigenvalue weighted by molar-refractivity contribution is 5.69. The van der Waals surface area contributed by atoms with Crippen molar-refractivity contribution in [2.75, 3.05) is 18.4 Å². The molecule has 0 aromatic heterocycles. The van der Waals surface area contributed by atoms with E-state index in [-0.39, 0.29) is 12.6 Å². The van der Waals surface area contributed by atoms with E-state index in [2.05, 4.69) is 79.1 Å². The number of hydrogen-bond acceptors (Lipinski definition) is 3. The largest absolute Gasteiger partial charge is 0.480 e. The summed E-state index contributed by atoms with van der Waals surface area (Å²) in [4.78, 5) is 10.9. The van der Waals surface area contributed by atoms with Crippen LogP contribution in [-0.4, -0.2) is 30.2 Å². The molecule has 0 bridgehead atoms. The smallest absolute Gasteiger partial charge is 0.317 e. The summed E-state index contributed by atoms with van der Waals surface area (Å²) in [5, 5.41) is 15.5. The van der Waals surface area contributed by atoms with Crippen LogP contribution in [0.3, 0.4) is 0 Å². The monoisotopic (exact) mass is 388 g/mol. The van der Waals surface area contributed by atoms with Gasteiger partial charge in [0.2, 0.25) is 0 Å². The number of anilines is 1. The van der Waals surface area contributed by atoms with Crippen molar-refractivity contribution in [3.63, 3.8) is 0 Å². The molecule has 0 saturated carbocycles. The molecule has 1 atom stereocenters. The van der Waals surface area contributed by atoms with Gasteiger partial charge in [-0.15, -0.1) is 0 Å². The molecule has 0 radical (unpaired) electrons. The quantitative estimate of drug-likeness (QED) is 0.499. The number of carboxylic acid groups (broad SMARTS) is 1. The lowest BCUT2D eigenvalue weighted by Crippen LogP contribution is -2.37. The highest BCUT2D eigenvalue weighted by Gasteiger charge is 2.11. The molecule has 29 heavy (non-hydrogen) atoms. The maximum Gasteiger partial charge on any atom is 0.317 e. The minimum atomic E-state index is -0.845. The van der Waals surface area contributed by atoms with Gasteiger partial charge in [0.15, 0.2) is 0 Å². The maximum absolute atomic E-state index is 10.9. The van der Waals surface area contributed by atoms with Crippen molar-refractivity contribution < 1.29 is 9.90 Å². The van der Waals surface area contributed by atoms with Crippen LogP contribution in [0.4, 0.5) is 5.69 Å². The standard InChI is InChI=1S/C25H28N2O2/c1-18-12-19(2)14-23(13-18)27-24(16-26-17-25(28)29)15-20-8-10-22(11-9-20)21-6-4-3-5-7-21/h3-14,24,26-27H,15-17H2,1-2H3,(H,28,29). The second kappa shape index (κ2) is 9.89. The normalized spacial score (nSPS) is 11.8. The zero-order valence-corrected chi connectivity index (χ0v) is 17.0. The number of nitrogens with one attached hydrogen (secondary N) is 2. The molecular weight excluding hydrogens is 360 g/mol. The fourth-order valence-corrected chi connectivity index (χ4v) is 3.57. The van der Waals surface area contributed by atoms with Crippen molar-refractivity contribution in [3.8, 4) is 11.1 Å². The van der Waals surface area contributed by atoms with Gasteiger partial charge in [0.05, 0.1) is 6.54 Å². The molecule has 0 fully saturated rings. The van der Waals surface area contributed by atoms with E-state index in [1.807, 2.05) is 18.2 Å². The molecule has 3 rings (SSSR count). The van der Waals surface area contributed by atoms with E-state index >= 15 is 0 Å². The van der Waals surface area contributed by atoms with Gasteiger partial charge in [-0.1, -0.05) is 60.7 Å². The average molecular weight is 389 g/mol. The molecule has 0 aliphatic rings. The lowest BCUT2D eigenvalue weighted by molar-refractivity contribution is -0.135. The van der Waals surface area contributed by atoms with Crippen LogP contribution in [0.2, 0.25) is 0 Å². The Kier molecular flexibility index (Phi) is 7.04. The lowest BCUT2D eigenvalue weighted by atomic mass is 10.00. The predicted octanol–water partition coefficient (Wildman–Crippen LogP) is 4.67. The molecule has 1 unspecified atom stereocenters. The van der Waals surface area contributed by atoms with Crippen LogP contribution in [0.5, 0.6) is 0 Å². The molecule has 150 valence electrons. The summed E-state index contributed by atoms with van der Waals surface area (Å²) < 4.78 is 0. The molecule has 4 nitrogen and oxygen atoms in total. The zero-order valence-electron chi connectivity index (χ0n) is 17.0. The van der Waals surface area contributed by atoms with Crippen molar-refractivity contribution in [1.29, 1.82) is 0 Å². The first kappa shape index (κ1) is 20.6. The predicted molar refractivity (Wildman–Crippen MR) is 119 cm³/mol. The third-order valence-corrected chi connectivity index (χ3v) is 4.80.